The van der Waals surface area contributed by atoms with E-state index in [0.717, 1.165) is 13.1 Å². The monoisotopic (exact) mass is 254 g/mol. The van der Waals surface area contributed by atoms with Crippen LogP contribution in [-0.2, 0) is 0 Å². The van der Waals surface area contributed by atoms with Gasteiger partial charge in [0.2, 0.25) is 0 Å². The van der Waals surface area contributed by atoms with Crippen molar-refractivity contribution in [2.24, 2.45) is 0 Å². The summed E-state index contributed by atoms with van der Waals surface area (Å²) in [6.45, 7) is 17.5. The molecule has 0 unspecified atom stereocenters. The van der Waals surface area contributed by atoms with E-state index in [9.17, 15) is 0 Å². The second kappa shape index (κ2) is 10.6. The zero-order chi connectivity index (χ0) is 13.9. The molecule has 0 bridgehead atoms. The van der Waals surface area contributed by atoms with E-state index in [1.807, 2.05) is 6.08 Å². The van der Waals surface area contributed by atoms with Gasteiger partial charge in [0, 0.05) is 12.1 Å². The molecule has 0 amide bonds. The summed E-state index contributed by atoms with van der Waals surface area (Å²) >= 11 is 0. The predicted octanol–water partition coefficient (Wildman–Crippen LogP) is 3.83. The largest absolute Gasteiger partial charge is 0.317 e. The van der Waals surface area contributed by atoms with Gasteiger partial charge in [-0.05, 0) is 59.7 Å². The summed E-state index contributed by atoms with van der Waals surface area (Å²) in [5, 5.41) is 3.46. The van der Waals surface area contributed by atoms with Crippen molar-refractivity contribution in [3.8, 4) is 0 Å². The first-order chi connectivity index (χ1) is 8.52. The fourth-order valence-electron chi connectivity index (χ4n) is 2.06. The Kier molecular flexibility index (Phi) is 10.4. The Morgan fingerprint density at radius 1 is 1.06 bits per heavy atom. The van der Waals surface area contributed by atoms with Crippen molar-refractivity contribution in [3.05, 3.63) is 12.7 Å². The van der Waals surface area contributed by atoms with Crippen LogP contribution in [0.4, 0.5) is 0 Å². The molecule has 0 spiro atoms. The highest BCUT2D eigenvalue weighted by Gasteiger charge is 2.18. The minimum atomic E-state index is 0.261. The van der Waals surface area contributed by atoms with Gasteiger partial charge >= 0.3 is 0 Å². The fourth-order valence-corrected chi connectivity index (χ4v) is 2.06. The Morgan fingerprint density at radius 2 is 1.72 bits per heavy atom. The van der Waals surface area contributed by atoms with Crippen molar-refractivity contribution in [1.29, 1.82) is 0 Å². The van der Waals surface area contributed by atoms with E-state index in [1.165, 1.54) is 45.2 Å². The molecule has 0 aromatic carbocycles. The Hall–Kier alpha value is -0.340. The quantitative estimate of drug-likeness (QED) is 0.445. The molecule has 0 aliphatic rings. The molecule has 0 aliphatic carbocycles. The molecule has 1 N–H and O–H groups in total. The molecule has 0 rings (SSSR count). The highest BCUT2D eigenvalue weighted by molar-refractivity contribution is 4.82. The number of unbranched alkanes of at least 4 members (excludes halogenated alkanes) is 3. The van der Waals surface area contributed by atoms with Gasteiger partial charge in [-0.25, -0.2) is 0 Å². The maximum atomic E-state index is 3.85. The van der Waals surface area contributed by atoms with Gasteiger partial charge < -0.3 is 5.32 Å². The molecule has 0 aromatic rings. The zero-order valence-electron chi connectivity index (χ0n) is 13.1. The lowest BCUT2D eigenvalue weighted by Gasteiger charge is -2.34. The van der Waals surface area contributed by atoms with Crippen molar-refractivity contribution < 1.29 is 0 Å². The molecule has 0 radical (unpaired) electrons. The minimum Gasteiger partial charge on any atom is -0.317 e. The second-order valence-electron chi connectivity index (χ2n) is 6.07. The molecule has 0 heterocycles. The Bertz CT molecular complexity index is 194. The fraction of sp³-hybridized carbons (Fsp3) is 0.875. The van der Waals surface area contributed by atoms with Crippen LogP contribution in [0.25, 0.3) is 0 Å². The highest BCUT2D eigenvalue weighted by Crippen LogP contribution is 2.14. The number of nitrogens with one attached hydrogen (secondary N) is 1. The standard InChI is InChI=1S/C16H34N2/c1-6-12-17-13-10-8-9-11-15-18(14-7-2)16(3,4)5/h7,17H,2,6,8-15H2,1,3-5H3. The summed E-state index contributed by atoms with van der Waals surface area (Å²) in [5.41, 5.74) is 0.261. The summed E-state index contributed by atoms with van der Waals surface area (Å²) in [6.07, 6.45) is 8.57. The van der Waals surface area contributed by atoms with Crippen LogP contribution in [0.2, 0.25) is 0 Å². The van der Waals surface area contributed by atoms with E-state index in [-0.39, 0.29) is 5.54 Å². The number of rotatable bonds is 11. The van der Waals surface area contributed by atoms with Gasteiger partial charge in [-0.3, -0.25) is 4.90 Å². The van der Waals surface area contributed by atoms with E-state index in [1.54, 1.807) is 0 Å². The molecule has 0 saturated heterocycles. The third kappa shape index (κ3) is 9.67. The predicted molar refractivity (Wildman–Crippen MR) is 83.2 cm³/mol. The van der Waals surface area contributed by atoms with Crippen LogP contribution >= 0.6 is 0 Å². The maximum absolute atomic E-state index is 3.85. The summed E-state index contributed by atoms with van der Waals surface area (Å²) in [5.74, 6) is 0. The second-order valence-corrected chi connectivity index (χ2v) is 6.07. The number of hydrogen-bond acceptors (Lipinski definition) is 2. The molecule has 0 saturated carbocycles. The van der Waals surface area contributed by atoms with Crippen LogP contribution in [0.15, 0.2) is 12.7 Å². The van der Waals surface area contributed by atoms with Gasteiger partial charge in [0.1, 0.15) is 0 Å². The molecule has 0 atom stereocenters. The normalized spacial score (nSPS) is 12.1. The molecule has 0 fully saturated rings. The summed E-state index contributed by atoms with van der Waals surface area (Å²) in [6, 6.07) is 0. The topological polar surface area (TPSA) is 15.3 Å². The van der Waals surface area contributed by atoms with Gasteiger partial charge in [0.05, 0.1) is 0 Å². The first-order valence-electron chi connectivity index (χ1n) is 7.59. The first kappa shape index (κ1) is 17.7. The summed E-state index contributed by atoms with van der Waals surface area (Å²) in [4.78, 5) is 2.51. The number of nitrogens with zero attached hydrogens (tertiary/aromatic N) is 1. The zero-order valence-corrected chi connectivity index (χ0v) is 13.1. The van der Waals surface area contributed by atoms with Gasteiger partial charge in [0.15, 0.2) is 0 Å². The van der Waals surface area contributed by atoms with Crippen molar-refractivity contribution in [3.63, 3.8) is 0 Å². The van der Waals surface area contributed by atoms with E-state index < -0.39 is 0 Å². The van der Waals surface area contributed by atoms with Crippen LogP contribution in [0, 0.1) is 0 Å². The van der Waals surface area contributed by atoms with Gasteiger partial charge in [0.25, 0.3) is 0 Å². The SMILES string of the molecule is C=CCN(CCCCCCNCCC)C(C)(C)C. The Balaban J connectivity index is 3.53. The molecular formula is C16H34N2. The molecule has 2 heteroatoms. The van der Waals surface area contributed by atoms with Gasteiger partial charge in [-0.2, -0.15) is 0 Å². The van der Waals surface area contributed by atoms with E-state index in [4.69, 9.17) is 0 Å². The van der Waals surface area contributed by atoms with Crippen molar-refractivity contribution in [2.45, 2.75) is 65.3 Å². The van der Waals surface area contributed by atoms with Gasteiger partial charge in [-0.15, -0.1) is 6.58 Å². The van der Waals surface area contributed by atoms with Crippen molar-refractivity contribution in [1.82, 2.24) is 10.2 Å². The Labute approximate surface area is 115 Å². The average molecular weight is 254 g/mol. The highest BCUT2D eigenvalue weighted by atomic mass is 15.2. The van der Waals surface area contributed by atoms with E-state index in [0.29, 0.717) is 0 Å². The van der Waals surface area contributed by atoms with Crippen molar-refractivity contribution in [2.75, 3.05) is 26.2 Å². The van der Waals surface area contributed by atoms with E-state index >= 15 is 0 Å². The smallest absolute Gasteiger partial charge is 0.0165 e. The van der Waals surface area contributed by atoms with Crippen LogP contribution < -0.4 is 5.32 Å². The van der Waals surface area contributed by atoms with E-state index in [2.05, 4.69) is 44.5 Å². The maximum Gasteiger partial charge on any atom is 0.0165 e. The van der Waals surface area contributed by atoms with Crippen LogP contribution in [0.5, 0.6) is 0 Å². The third-order valence-electron chi connectivity index (χ3n) is 3.26. The molecule has 2 nitrogen and oxygen atoms in total. The molecule has 18 heavy (non-hydrogen) atoms. The Morgan fingerprint density at radius 3 is 2.28 bits per heavy atom. The molecular weight excluding hydrogens is 220 g/mol. The van der Waals surface area contributed by atoms with Crippen LogP contribution in [-0.4, -0.2) is 36.6 Å². The molecule has 0 aromatic heterocycles. The minimum absolute atomic E-state index is 0.261. The van der Waals surface area contributed by atoms with Crippen molar-refractivity contribution >= 4 is 0 Å². The number of hydrogen-bond donors (Lipinski definition) is 1. The summed E-state index contributed by atoms with van der Waals surface area (Å²) in [7, 11) is 0. The lowest BCUT2D eigenvalue weighted by molar-refractivity contribution is 0.151. The first-order valence-corrected chi connectivity index (χ1v) is 7.59. The van der Waals surface area contributed by atoms with Crippen LogP contribution in [0.3, 0.4) is 0 Å². The van der Waals surface area contributed by atoms with Gasteiger partial charge in [-0.1, -0.05) is 25.8 Å². The lowest BCUT2D eigenvalue weighted by atomic mass is 10.0. The third-order valence-corrected chi connectivity index (χ3v) is 3.26. The molecule has 108 valence electrons. The lowest BCUT2D eigenvalue weighted by Crippen LogP contribution is -2.42. The summed E-state index contributed by atoms with van der Waals surface area (Å²) < 4.78 is 0. The average Bonchev–Trinajstić information content (AvgIpc) is 2.30. The molecule has 0 aliphatic heterocycles. The van der Waals surface area contributed by atoms with Crippen LogP contribution in [0.1, 0.15) is 59.8 Å².